The van der Waals surface area contributed by atoms with Gasteiger partial charge >= 0.3 is 0 Å². The molecule has 4 atom stereocenters. The molecule has 0 saturated carbocycles. The molecule has 0 aliphatic heterocycles. The van der Waals surface area contributed by atoms with Crippen molar-refractivity contribution in [2.24, 2.45) is 0 Å². The van der Waals surface area contributed by atoms with E-state index < -0.39 is 24.4 Å². The molecule has 0 aromatic rings. The third-order valence-electron chi connectivity index (χ3n) is 1.46. The number of aliphatic hydroxyl groups is 4. The largest absolute Gasteiger partial charge is 0.387 e. The summed E-state index contributed by atoms with van der Waals surface area (Å²) in [6.07, 6.45) is -5.10. The Hall–Kier alpha value is -0.270. The van der Waals surface area contributed by atoms with Crippen molar-refractivity contribution in [3.8, 4) is 0 Å². The molecule has 13 heavy (non-hydrogen) atoms. The van der Waals surface area contributed by atoms with E-state index in [2.05, 4.69) is 15.9 Å². The normalized spacial score (nSPS) is 21.0. The van der Waals surface area contributed by atoms with Crippen molar-refractivity contribution >= 4 is 22.2 Å². The lowest BCUT2D eigenvalue weighted by Gasteiger charge is -2.21. The highest BCUT2D eigenvalue weighted by Crippen LogP contribution is 2.05. The molecule has 0 amide bonds. The number of hydrogen-bond acceptors (Lipinski definition) is 5. The summed E-state index contributed by atoms with van der Waals surface area (Å²) in [4.78, 5) is 11.3. The third kappa shape index (κ3) is 3.97. The first kappa shape index (κ1) is 12.7. The maximum Gasteiger partial charge on any atom is 0.151 e. The molecule has 0 heterocycles. The third-order valence-corrected chi connectivity index (χ3v) is 1.76. The van der Waals surface area contributed by atoms with Gasteiger partial charge in [0.15, 0.2) is 6.29 Å². The molecule has 0 radical (unpaired) electrons. The van der Waals surface area contributed by atoms with Gasteiger partial charge in [0.05, 0.1) is 0 Å². The Labute approximate surface area is 83.4 Å². The molecule has 1 unspecified atom stereocenters. The molecular formula is C7H11BrO5. The number of halogens is 1. The topological polar surface area (TPSA) is 98.0 Å². The minimum absolute atomic E-state index is 0.0818. The number of carbonyl (C=O) groups is 1. The lowest BCUT2D eigenvalue weighted by molar-refractivity contribution is -0.130. The van der Waals surface area contributed by atoms with Crippen molar-refractivity contribution in [2.75, 3.05) is 0 Å². The molecule has 0 aromatic heterocycles. The summed E-state index contributed by atoms with van der Waals surface area (Å²) in [7, 11) is 0. The maximum atomic E-state index is 10.0. The smallest absolute Gasteiger partial charge is 0.151 e. The molecule has 0 bridgehead atoms. The molecule has 0 aromatic carbocycles. The fourth-order valence-electron chi connectivity index (χ4n) is 0.673. The highest BCUT2D eigenvalue weighted by atomic mass is 79.9. The van der Waals surface area contributed by atoms with Crippen molar-refractivity contribution in [1.82, 2.24) is 0 Å². The average molecular weight is 255 g/mol. The molecule has 0 spiro atoms. The molecular weight excluding hydrogens is 244 g/mol. The number of aldehydes is 1. The molecule has 0 aliphatic carbocycles. The summed E-state index contributed by atoms with van der Waals surface area (Å²) >= 11 is 2.86. The van der Waals surface area contributed by atoms with Crippen LogP contribution in [-0.4, -0.2) is 51.1 Å². The van der Waals surface area contributed by atoms with E-state index in [1.165, 1.54) is 4.99 Å². The van der Waals surface area contributed by atoms with Crippen LogP contribution in [0.4, 0.5) is 0 Å². The zero-order valence-corrected chi connectivity index (χ0v) is 8.20. The van der Waals surface area contributed by atoms with E-state index in [0.29, 0.717) is 0 Å². The Morgan fingerprint density at radius 3 is 1.85 bits per heavy atom. The van der Waals surface area contributed by atoms with Crippen LogP contribution in [0.3, 0.4) is 0 Å². The van der Waals surface area contributed by atoms with E-state index >= 15 is 0 Å². The Bertz CT molecular complexity index is 184. The fourth-order valence-corrected chi connectivity index (χ4v) is 0.986. The van der Waals surface area contributed by atoms with Gasteiger partial charge in [-0.05, 0) is 11.1 Å². The first-order valence-electron chi connectivity index (χ1n) is 3.49. The Morgan fingerprint density at radius 2 is 1.46 bits per heavy atom. The lowest BCUT2D eigenvalue weighted by atomic mass is 10.0. The quantitative estimate of drug-likeness (QED) is 0.450. The van der Waals surface area contributed by atoms with Gasteiger partial charge in [-0.3, -0.25) is 0 Å². The van der Waals surface area contributed by atoms with Crippen molar-refractivity contribution in [3.05, 3.63) is 11.1 Å². The Kier molecular flexibility index (Phi) is 6.10. The molecule has 5 nitrogen and oxygen atoms in total. The van der Waals surface area contributed by atoms with E-state index in [9.17, 15) is 4.79 Å². The van der Waals surface area contributed by atoms with Gasteiger partial charge < -0.3 is 25.2 Å². The van der Waals surface area contributed by atoms with Gasteiger partial charge in [0.1, 0.15) is 24.4 Å². The summed E-state index contributed by atoms with van der Waals surface area (Å²) in [5.41, 5.74) is 0. The summed E-state index contributed by atoms with van der Waals surface area (Å²) < 4.78 is 0. The van der Waals surface area contributed by atoms with Gasteiger partial charge in [0.25, 0.3) is 0 Å². The predicted octanol–water partition coefficient (Wildman–Crippen LogP) is -1.46. The van der Waals surface area contributed by atoms with Crippen LogP contribution in [0.5, 0.6) is 0 Å². The van der Waals surface area contributed by atoms with Crippen LogP contribution in [0.15, 0.2) is 11.1 Å². The van der Waals surface area contributed by atoms with E-state index in [-0.39, 0.29) is 6.29 Å². The first-order chi connectivity index (χ1) is 6.04. The minimum Gasteiger partial charge on any atom is -0.387 e. The van der Waals surface area contributed by atoms with Gasteiger partial charge in [0.2, 0.25) is 0 Å². The molecule has 0 rings (SSSR count). The van der Waals surface area contributed by atoms with E-state index in [1.807, 2.05) is 0 Å². The Morgan fingerprint density at radius 1 is 1.00 bits per heavy atom. The first-order valence-corrected chi connectivity index (χ1v) is 4.40. The van der Waals surface area contributed by atoms with Gasteiger partial charge in [0, 0.05) is 0 Å². The minimum atomic E-state index is -1.70. The molecule has 0 saturated heterocycles. The number of hydrogen-bond donors (Lipinski definition) is 4. The van der Waals surface area contributed by atoms with Crippen LogP contribution in [0.25, 0.3) is 0 Å². The van der Waals surface area contributed by atoms with E-state index in [1.54, 1.807) is 0 Å². The highest BCUT2D eigenvalue weighted by molar-refractivity contribution is 9.11. The van der Waals surface area contributed by atoms with Crippen molar-refractivity contribution in [3.63, 3.8) is 0 Å². The molecule has 0 fully saturated rings. The van der Waals surface area contributed by atoms with Crippen molar-refractivity contribution in [1.29, 1.82) is 0 Å². The highest BCUT2D eigenvalue weighted by Gasteiger charge is 2.28. The second-order valence-electron chi connectivity index (χ2n) is 2.42. The molecule has 76 valence electrons. The Balaban J connectivity index is 4.23. The zero-order chi connectivity index (χ0) is 10.4. The summed E-state index contributed by atoms with van der Waals surface area (Å²) in [5, 5.41) is 36.0. The predicted molar refractivity (Wildman–Crippen MR) is 48.2 cm³/mol. The van der Waals surface area contributed by atoms with Crippen LogP contribution < -0.4 is 0 Å². The van der Waals surface area contributed by atoms with Crippen LogP contribution in [0.2, 0.25) is 0 Å². The number of aliphatic hydroxyl groups excluding tert-OH is 4. The summed E-state index contributed by atoms with van der Waals surface area (Å²) in [6.45, 7) is 0. The molecule has 6 heteroatoms. The van der Waals surface area contributed by atoms with Crippen LogP contribution in [0.1, 0.15) is 0 Å². The standard InChI is InChI=1S/C7H11BrO5/c8-2-1-4(10)6(12)7(13)5(11)3-9/h1-7,10-13H/b2-1+/t4?,5-,6-,7+/m1/s1. The van der Waals surface area contributed by atoms with Gasteiger partial charge in [-0.25, -0.2) is 0 Å². The number of carbonyl (C=O) groups excluding carboxylic acids is 1. The number of rotatable bonds is 5. The lowest BCUT2D eigenvalue weighted by Crippen LogP contribution is -2.44. The van der Waals surface area contributed by atoms with Crippen LogP contribution in [0, 0.1) is 0 Å². The van der Waals surface area contributed by atoms with Gasteiger partial charge in [-0.1, -0.05) is 15.9 Å². The van der Waals surface area contributed by atoms with Crippen molar-refractivity contribution in [2.45, 2.75) is 24.4 Å². The second-order valence-corrected chi connectivity index (χ2v) is 2.95. The monoisotopic (exact) mass is 254 g/mol. The second kappa shape index (κ2) is 6.22. The summed E-state index contributed by atoms with van der Waals surface area (Å²) in [5.74, 6) is 0. The fraction of sp³-hybridized carbons (Fsp3) is 0.571. The van der Waals surface area contributed by atoms with Crippen LogP contribution >= 0.6 is 15.9 Å². The van der Waals surface area contributed by atoms with Crippen molar-refractivity contribution < 1.29 is 25.2 Å². The molecule has 0 aliphatic rings. The SMILES string of the molecule is O=C[C@@H](O)[C@H](O)[C@H](O)C(O)/C=C/Br. The van der Waals surface area contributed by atoms with Gasteiger partial charge in [-0.15, -0.1) is 0 Å². The average Bonchev–Trinajstić information content (AvgIpc) is 2.14. The van der Waals surface area contributed by atoms with E-state index in [4.69, 9.17) is 20.4 Å². The summed E-state index contributed by atoms with van der Waals surface area (Å²) in [6, 6.07) is 0. The molecule has 4 N–H and O–H groups in total. The maximum absolute atomic E-state index is 10.0. The zero-order valence-electron chi connectivity index (χ0n) is 6.62. The van der Waals surface area contributed by atoms with E-state index in [0.717, 1.165) is 6.08 Å². The van der Waals surface area contributed by atoms with Crippen LogP contribution in [-0.2, 0) is 4.79 Å². The van der Waals surface area contributed by atoms with Gasteiger partial charge in [-0.2, -0.15) is 0 Å².